The Morgan fingerprint density at radius 2 is 2.20 bits per heavy atom. The summed E-state index contributed by atoms with van der Waals surface area (Å²) in [6, 6.07) is 0. The van der Waals surface area contributed by atoms with E-state index < -0.39 is 0 Å². The first-order chi connectivity index (χ1) is 7.27. The van der Waals surface area contributed by atoms with Crippen LogP contribution in [0.25, 0.3) is 5.57 Å². The molecule has 78 valence electrons. The topological polar surface area (TPSA) is 34.7 Å². The summed E-state index contributed by atoms with van der Waals surface area (Å²) < 4.78 is 0. The molecule has 4 heteroatoms. The zero-order valence-corrected chi connectivity index (χ0v) is 8.58. The summed E-state index contributed by atoms with van der Waals surface area (Å²) >= 11 is 0. The van der Waals surface area contributed by atoms with Crippen molar-refractivity contribution in [2.24, 2.45) is 0 Å². The van der Waals surface area contributed by atoms with Crippen molar-refractivity contribution in [2.75, 3.05) is 13.1 Å². The van der Waals surface area contributed by atoms with Crippen molar-refractivity contribution >= 4 is 11.3 Å². The van der Waals surface area contributed by atoms with Crippen LogP contribution in [0, 0.1) is 14.1 Å². The Labute approximate surface area is 89.2 Å². The number of nitrogens with zero attached hydrogens (tertiary/aromatic N) is 2. The summed E-state index contributed by atoms with van der Waals surface area (Å²) in [5.74, 6) is 0. The Morgan fingerprint density at radius 1 is 1.33 bits per heavy atom. The second-order valence-corrected chi connectivity index (χ2v) is 4.15. The lowest BCUT2D eigenvalue weighted by Gasteiger charge is -2.28. The van der Waals surface area contributed by atoms with Crippen molar-refractivity contribution in [2.45, 2.75) is 6.42 Å². The Hall–Kier alpha value is -1.26. The SMILES string of the molecule is [CH2-][NH+]1CCC2=C(C1)[NH+]([CH2-])c1cncnc12. The minimum absolute atomic E-state index is 0.963. The van der Waals surface area contributed by atoms with E-state index in [1.807, 2.05) is 6.20 Å². The number of nitrogens with one attached hydrogen (secondary N) is 2. The van der Waals surface area contributed by atoms with Gasteiger partial charge in [-0.25, -0.2) is 9.97 Å². The van der Waals surface area contributed by atoms with Gasteiger partial charge in [0.1, 0.15) is 24.3 Å². The molecule has 2 atom stereocenters. The molecule has 2 aliphatic heterocycles. The lowest BCUT2D eigenvalue weighted by atomic mass is 10.0. The maximum absolute atomic E-state index is 4.36. The zero-order chi connectivity index (χ0) is 10.4. The molecule has 3 heterocycles. The standard InChI is InChI=1S/C11H14N4/c1-14-4-3-8-10(6-14)15(2)9-5-12-7-13-11(8)9/h5,7,14-15H,1-4,6H2. The second-order valence-electron chi connectivity index (χ2n) is 4.15. The summed E-state index contributed by atoms with van der Waals surface area (Å²) in [6.07, 6.45) is 4.54. The number of hydrogen-bond acceptors (Lipinski definition) is 2. The molecule has 0 radical (unpaired) electrons. The molecule has 2 N–H and O–H groups in total. The number of hydrogen-bond donors (Lipinski definition) is 2. The van der Waals surface area contributed by atoms with Gasteiger partial charge in [0.05, 0.1) is 12.7 Å². The highest BCUT2D eigenvalue weighted by Crippen LogP contribution is 2.28. The Morgan fingerprint density at radius 3 is 3.07 bits per heavy atom. The molecule has 3 rings (SSSR count). The van der Waals surface area contributed by atoms with Crippen LogP contribution in [-0.4, -0.2) is 23.1 Å². The van der Waals surface area contributed by atoms with E-state index in [0.717, 1.165) is 35.8 Å². The molecule has 15 heavy (non-hydrogen) atoms. The number of fused-ring (bicyclic) bond motifs is 2. The third-order valence-corrected chi connectivity index (χ3v) is 3.21. The first-order valence-electron chi connectivity index (χ1n) is 5.16. The van der Waals surface area contributed by atoms with Crippen molar-refractivity contribution in [3.05, 3.63) is 38.0 Å². The van der Waals surface area contributed by atoms with E-state index in [-0.39, 0.29) is 0 Å². The predicted molar refractivity (Wildman–Crippen MR) is 55.6 cm³/mol. The summed E-state index contributed by atoms with van der Waals surface area (Å²) in [4.78, 5) is 10.8. The van der Waals surface area contributed by atoms with E-state index in [2.05, 4.69) is 24.1 Å². The van der Waals surface area contributed by atoms with Crippen LogP contribution < -0.4 is 9.80 Å². The lowest BCUT2D eigenvalue weighted by molar-refractivity contribution is -0.872. The molecule has 0 saturated heterocycles. The molecule has 4 nitrogen and oxygen atoms in total. The van der Waals surface area contributed by atoms with Crippen LogP contribution >= 0.6 is 0 Å². The van der Waals surface area contributed by atoms with Crippen molar-refractivity contribution in [3.8, 4) is 0 Å². The third kappa shape index (κ3) is 1.22. The Bertz CT molecular complexity index is 438. The molecule has 0 fully saturated rings. The van der Waals surface area contributed by atoms with Gasteiger partial charge in [-0.2, -0.15) is 7.05 Å². The first kappa shape index (κ1) is 9.00. The molecular formula is C11H14N4. The van der Waals surface area contributed by atoms with Gasteiger partial charge in [-0.3, -0.25) is 0 Å². The van der Waals surface area contributed by atoms with Gasteiger partial charge in [0, 0.05) is 12.0 Å². The van der Waals surface area contributed by atoms with E-state index in [9.17, 15) is 0 Å². The van der Waals surface area contributed by atoms with E-state index in [0.29, 0.717) is 0 Å². The van der Waals surface area contributed by atoms with Gasteiger partial charge in [-0.1, -0.05) is 0 Å². The second kappa shape index (κ2) is 3.12. The molecule has 1 aromatic heterocycles. The molecule has 0 bridgehead atoms. The van der Waals surface area contributed by atoms with Gasteiger partial charge in [0.15, 0.2) is 5.69 Å². The maximum Gasteiger partial charge on any atom is 0.154 e. The lowest BCUT2D eigenvalue weighted by Crippen LogP contribution is -3.13. The molecular weight excluding hydrogens is 188 g/mol. The van der Waals surface area contributed by atoms with Crippen LogP contribution in [0.1, 0.15) is 12.1 Å². The molecule has 0 aromatic carbocycles. The summed E-state index contributed by atoms with van der Waals surface area (Å²) in [5, 5.41) is 0. The summed E-state index contributed by atoms with van der Waals surface area (Å²) in [7, 11) is 8.20. The van der Waals surface area contributed by atoms with Crippen LogP contribution in [0.2, 0.25) is 0 Å². The maximum atomic E-state index is 4.36. The molecule has 0 amide bonds. The quantitative estimate of drug-likeness (QED) is 0.507. The first-order valence-corrected chi connectivity index (χ1v) is 5.16. The van der Waals surface area contributed by atoms with Crippen molar-refractivity contribution in [3.63, 3.8) is 0 Å². The van der Waals surface area contributed by atoms with Crippen LogP contribution in [0.5, 0.6) is 0 Å². The van der Waals surface area contributed by atoms with Crippen LogP contribution in [0.3, 0.4) is 0 Å². The van der Waals surface area contributed by atoms with Gasteiger partial charge in [-0.05, 0) is 0 Å². The normalized spacial score (nSPS) is 28.9. The van der Waals surface area contributed by atoms with Crippen molar-refractivity contribution < 1.29 is 9.80 Å². The van der Waals surface area contributed by atoms with Crippen molar-refractivity contribution in [1.82, 2.24) is 9.97 Å². The van der Waals surface area contributed by atoms with E-state index in [4.69, 9.17) is 0 Å². The molecule has 2 aliphatic rings. The minimum Gasteiger partial charge on any atom is -0.459 e. The van der Waals surface area contributed by atoms with E-state index >= 15 is 0 Å². The number of aromatic nitrogens is 2. The molecule has 0 aliphatic carbocycles. The molecule has 1 aromatic rings. The Kier molecular flexibility index (Phi) is 1.87. The highest BCUT2D eigenvalue weighted by atomic mass is 15.2. The van der Waals surface area contributed by atoms with Crippen LogP contribution in [0.15, 0.2) is 18.2 Å². The highest BCUT2D eigenvalue weighted by molar-refractivity contribution is 5.74. The van der Waals surface area contributed by atoms with Gasteiger partial charge in [-0.15, -0.1) is 7.05 Å². The molecule has 0 spiro atoms. The largest absolute Gasteiger partial charge is 0.459 e. The average Bonchev–Trinajstić information content (AvgIpc) is 2.54. The number of rotatable bonds is 0. The highest BCUT2D eigenvalue weighted by Gasteiger charge is 2.33. The van der Waals surface area contributed by atoms with Gasteiger partial charge < -0.3 is 9.80 Å². The smallest absolute Gasteiger partial charge is 0.154 e. The molecule has 0 saturated carbocycles. The van der Waals surface area contributed by atoms with Crippen LogP contribution in [-0.2, 0) is 0 Å². The van der Waals surface area contributed by atoms with Gasteiger partial charge >= 0.3 is 0 Å². The molecule has 2 unspecified atom stereocenters. The summed E-state index contributed by atoms with van der Waals surface area (Å²) in [6.45, 7) is 2.04. The van der Waals surface area contributed by atoms with Crippen molar-refractivity contribution in [1.29, 1.82) is 0 Å². The van der Waals surface area contributed by atoms with E-state index in [1.54, 1.807) is 6.33 Å². The summed E-state index contributed by atoms with van der Waals surface area (Å²) in [5.41, 5.74) is 4.90. The zero-order valence-electron chi connectivity index (χ0n) is 8.58. The van der Waals surface area contributed by atoms with Gasteiger partial charge in [0.2, 0.25) is 0 Å². The van der Waals surface area contributed by atoms with E-state index in [1.165, 1.54) is 16.2 Å². The fourth-order valence-electron chi connectivity index (χ4n) is 2.40. The average molecular weight is 202 g/mol. The van der Waals surface area contributed by atoms with Crippen LogP contribution in [0.4, 0.5) is 5.69 Å². The number of quaternary nitrogens is 2. The predicted octanol–water partition coefficient (Wildman–Crippen LogP) is -1.41. The fraction of sp³-hybridized carbons (Fsp3) is 0.273. The monoisotopic (exact) mass is 202 g/mol. The minimum atomic E-state index is 0.963. The third-order valence-electron chi connectivity index (χ3n) is 3.21. The Balaban J connectivity index is 2.11. The van der Waals surface area contributed by atoms with Gasteiger partial charge in [0.25, 0.3) is 0 Å². The fourth-order valence-corrected chi connectivity index (χ4v) is 2.40.